The quantitative estimate of drug-likeness (QED) is 0.727. The third kappa shape index (κ3) is 2.33. The second-order valence-electron chi connectivity index (χ2n) is 7.16. The molecule has 0 heterocycles. The van der Waals surface area contributed by atoms with Crippen LogP contribution in [0.4, 0.5) is 0 Å². The molecule has 0 aliphatic heterocycles. The van der Waals surface area contributed by atoms with Gasteiger partial charge >= 0.3 is 5.97 Å². The molecule has 0 atom stereocenters. The summed E-state index contributed by atoms with van der Waals surface area (Å²) in [7, 11) is 0. The van der Waals surface area contributed by atoms with Crippen LogP contribution in [-0.2, 0) is 21.6 Å². The van der Waals surface area contributed by atoms with E-state index in [1.165, 1.54) is 11.1 Å². The number of hydrogen-bond acceptors (Lipinski definition) is 2. The summed E-state index contributed by atoms with van der Waals surface area (Å²) < 4.78 is 6.06. The first-order valence-electron chi connectivity index (χ1n) is 7.72. The maximum atomic E-state index is 12.5. The molecule has 22 heavy (non-hydrogen) atoms. The lowest BCUT2D eigenvalue weighted by Gasteiger charge is -2.39. The average Bonchev–Trinajstić information content (AvgIpc) is 2.47. The lowest BCUT2D eigenvalue weighted by molar-refractivity contribution is -0.165. The van der Waals surface area contributed by atoms with Gasteiger partial charge in [0.25, 0.3) is 0 Å². The number of ether oxygens (including phenoxy) is 1. The lowest BCUT2D eigenvalue weighted by Crippen LogP contribution is -2.38. The summed E-state index contributed by atoms with van der Waals surface area (Å²) in [5.41, 5.74) is 3.38. The van der Waals surface area contributed by atoms with Gasteiger partial charge in [0.15, 0.2) is 5.60 Å². The van der Waals surface area contributed by atoms with Gasteiger partial charge in [-0.2, -0.15) is 0 Å². The molecule has 0 N–H and O–H groups in total. The molecule has 0 aromatic heterocycles. The second kappa shape index (κ2) is 4.98. The Kier molecular flexibility index (Phi) is 3.36. The Morgan fingerprint density at radius 1 is 0.955 bits per heavy atom. The average molecular weight is 294 g/mol. The summed E-state index contributed by atoms with van der Waals surface area (Å²) in [5, 5.41) is 0. The van der Waals surface area contributed by atoms with Crippen molar-refractivity contribution in [3.63, 3.8) is 0 Å². The van der Waals surface area contributed by atoms with E-state index in [9.17, 15) is 4.79 Å². The molecule has 0 amide bonds. The van der Waals surface area contributed by atoms with Gasteiger partial charge in [-0.15, -0.1) is 0 Å². The molecule has 0 radical (unpaired) electrons. The molecule has 2 heteroatoms. The first-order chi connectivity index (χ1) is 10.3. The molecule has 0 unspecified atom stereocenters. The molecule has 0 saturated carbocycles. The summed E-state index contributed by atoms with van der Waals surface area (Å²) in [6.07, 6.45) is 0.884. The smallest absolute Gasteiger partial charge is 0.312 e. The highest BCUT2D eigenvalue weighted by atomic mass is 16.6. The maximum absolute atomic E-state index is 12.5. The predicted molar refractivity (Wildman–Crippen MR) is 87.7 cm³/mol. The zero-order valence-corrected chi connectivity index (χ0v) is 13.6. The van der Waals surface area contributed by atoms with E-state index in [1.54, 1.807) is 0 Å². The van der Waals surface area contributed by atoms with Crippen molar-refractivity contribution in [1.82, 2.24) is 0 Å². The number of rotatable bonds is 1. The van der Waals surface area contributed by atoms with Crippen LogP contribution in [0.15, 0.2) is 48.5 Å². The summed E-state index contributed by atoms with van der Waals surface area (Å²) >= 11 is 0. The van der Waals surface area contributed by atoms with E-state index in [-0.39, 0.29) is 5.97 Å². The lowest BCUT2D eigenvalue weighted by atomic mass is 9.75. The van der Waals surface area contributed by atoms with Gasteiger partial charge in [-0.05, 0) is 45.2 Å². The topological polar surface area (TPSA) is 26.3 Å². The van der Waals surface area contributed by atoms with Crippen LogP contribution >= 0.6 is 0 Å². The Balaban J connectivity index is 2.15. The fourth-order valence-electron chi connectivity index (χ4n) is 3.08. The summed E-state index contributed by atoms with van der Waals surface area (Å²) in [4.78, 5) is 12.5. The summed E-state index contributed by atoms with van der Waals surface area (Å²) in [6, 6.07) is 16.5. The first-order valence-corrected chi connectivity index (χ1v) is 7.72. The fourth-order valence-corrected chi connectivity index (χ4v) is 3.08. The van der Waals surface area contributed by atoms with Gasteiger partial charge < -0.3 is 4.74 Å². The van der Waals surface area contributed by atoms with Crippen LogP contribution in [0, 0.1) is 5.41 Å². The Morgan fingerprint density at radius 2 is 1.41 bits per heavy atom. The predicted octanol–water partition coefficient (Wildman–Crippen LogP) is 4.44. The zero-order valence-electron chi connectivity index (χ0n) is 13.6. The van der Waals surface area contributed by atoms with E-state index >= 15 is 0 Å². The number of hydrogen-bond donors (Lipinski definition) is 0. The summed E-state index contributed by atoms with van der Waals surface area (Å²) in [5.74, 6) is -0.179. The first kappa shape index (κ1) is 14.8. The molecule has 2 aromatic rings. The monoisotopic (exact) mass is 294 g/mol. The SMILES string of the molecule is CC(C)(C)C(=O)OC1(C)c2ccccc2Cc2ccccc21. The maximum Gasteiger partial charge on any atom is 0.312 e. The van der Waals surface area contributed by atoms with Gasteiger partial charge in [-0.1, -0.05) is 48.5 Å². The molecule has 0 fully saturated rings. The van der Waals surface area contributed by atoms with Crippen molar-refractivity contribution in [2.45, 2.75) is 39.7 Å². The van der Waals surface area contributed by atoms with E-state index in [0.29, 0.717) is 0 Å². The minimum Gasteiger partial charge on any atom is -0.449 e. The van der Waals surface area contributed by atoms with Crippen LogP contribution < -0.4 is 0 Å². The van der Waals surface area contributed by atoms with E-state index in [1.807, 2.05) is 52.0 Å². The van der Waals surface area contributed by atoms with E-state index < -0.39 is 11.0 Å². The molecule has 2 nitrogen and oxygen atoms in total. The van der Waals surface area contributed by atoms with E-state index in [2.05, 4.69) is 24.3 Å². The standard InChI is InChI=1S/C20H22O2/c1-19(2,3)18(21)22-20(4)16-11-7-5-9-14(16)13-15-10-6-8-12-17(15)20/h5-12H,13H2,1-4H3. The number of carbonyl (C=O) groups excluding carboxylic acids is 1. The Labute approximate surface area is 132 Å². The molecule has 114 valence electrons. The summed E-state index contributed by atoms with van der Waals surface area (Å²) in [6.45, 7) is 7.67. The van der Waals surface area contributed by atoms with Gasteiger partial charge in [-0.3, -0.25) is 4.79 Å². The van der Waals surface area contributed by atoms with Crippen LogP contribution in [0.5, 0.6) is 0 Å². The van der Waals surface area contributed by atoms with Crippen LogP contribution in [0.1, 0.15) is 49.9 Å². The largest absolute Gasteiger partial charge is 0.449 e. The van der Waals surface area contributed by atoms with Crippen LogP contribution in [-0.4, -0.2) is 5.97 Å². The van der Waals surface area contributed by atoms with Crippen molar-refractivity contribution < 1.29 is 9.53 Å². The molecule has 1 aliphatic rings. The highest BCUT2D eigenvalue weighted by Crippen LogP contribution is 2.43. The number of carbonyl (C=O) groups is 1. The van der Waals surface area contributed by atoms with Crippen LogP contribution in [0.25, 0.3) is 0 Å². The van der Waals surface area contributed by atoms with Gasteiger partial charge in [0.2, 0.25) is 0 Å². The normalized spacial score (nSPS) is 15.6. The highest BCUT2D eigenvalue weighted by molar-refractivity contribution is 5.76. The Bertz CT molecular complexity index is 677. The van der Waals surface area contributed by atoms with Crippen molar-refractivity contribution in [2.75, 3.05) is 0 Å². The minimum atomic E-state index is -0.726. The Morgan fingerprint density at radius 3 is 1.86 bits per heavy atom. The van der Waals surface area contributed by atoms with Crippen molar-refractivity contribution >= 4 is 5.97 Å². The van der Waals surface area contributed by atoms with E-state index in [0.717, 1.165) is 17.5 Å². The third-order valence-corrected chi connectivity index (χ3v) is 4.35. The van der Waals surface area contributed by atoms with Crippen LogP contribution in [0.3, 0.4) is 0 Å². The number of benzene rings is 2. The van der Waals surface area contributed by atoms with Gasteiger partial charge in [-0.25, -0.2) is 0 Å². The van der Waals surface area contributed by atoms with Crippen LogP contribution in [0.2, 0.25) is 0 Å². The van der Waals surface area contributed by atoms with Crippen molar-refractivity contribution in [3.05, 3.63) is 70.8 Å². The van der Waals surface area contributed by atoms with E-state index in [4.69, 9.17) is 4.74 Å². The van der Waals surface area contributed by atoms with Crippen molar-refractivity contribution in [1.29, 1.82) is 0 Å². The molecule has 0 spiro atoms. The van der Waals surface area contributed by atoms with Gasteiger partial charge in [0.1, 0.15) is 0 Å². The minimum absolute atomic E-state index is 0.179. The Hall–Kier alpha value is -2.09. The van der Waals surface area contributed by atoms with Crippen molar-refractivity contribution in [3.8, 4) is 0 Å². The van der Waals surface area contributed by atoms with Gasteiger partial charge in [0, 0.05) is 11.1 Å². The molecule has 0 saturated heterocycles. The zero-order chi connectivity index (χ0) is 16.0. The number of esters is 1. The third-order valence-electron chi connectivity index (χ3n) is 4.35. The number of fused-ring (bicyclic) bond motifs is 2. The molecular formula is C20H22O2. The molecule has 3 rings (SSSR count). The molecule has 2 aromatic carbocycles. The molecule has 1 aliphatic carbocycles. The highest BCUT2D eigenvalue weighted by Gasteiger charge is 2.41. The fraction of sp³-hybridized carbons (Fsp3) is 0.350. The molecule has 0 bridgehead atoms. The second-order valence-corrected chi connectivity index (χ2v) is 7.16. The van der Waals surface area contributed by atoms with Crippen molar-refractivity contribution in [2.24, 2.45) is 5.41 Å². The van der Waals surface area contributed by atoms with Gasteiger partial charge in [0.05, 0.1) is 5.41 Å². The molecular weight excluding hydrogens is 272 g/mol.